The highest BCUT2D eigenvalue weighted by Gasteiger charge is 2.37. The molecule has 2 fully saturated rings. The second-order valence-corrected chi connectivity index (χ2v) is 7.69. The normalized spacial score (nSPS) is 24.4. The van der Waals surface area contributed by atoms with Crippen LogP contribution in [0.3, 0.4) is 0 Å². The maximum Gasteiger partial charge on any atom is 0.242 e. The van der Waals surface area contributed by atoms with E-state index in [0.717, 1.165) is 37.4 Å². The Morgan fingerprint density at radius 1 is 1.25 bits per heavy atom. The van der Waals surface area contributed by atoms with Gasteiger partial charge in [-0.1, -0.05) is 32.6 Å². The van der Waals surface area contributed by atoms with E-state index in [4.69, 9.17) is 0 Å². The Morgan fingerprint density at radius 2 is 1.90 bits per heavy atom. The van der Waals surface area contributed by atoms with Crippen molar-refractivity contribution in [1.82, 2.24) is 10.2 Å². The largest absolute Gasteiger partial charge is 0.339 e. The SMILES string of the molecule is CCCC(C)(NC1CCCCC1)C(=O)N1CCSCC1. The summed E-state index contributed by atoms with van der Waals surface area (Å²) < 4.78 is 0. The molecule has 0 spiro atoms. The van der Waals surface area contributed by atoms with Crippen LogP contribution in [0, 0.1) is 0 Å². The first kappa shape index (κ1) is 16.2. The minimum absolute atomic E-state index is 0.338. The van der Waals surface area contributed by atoms with Crippen LogP contribution in [0.5, 0.6) is 0 Å². The number of hydrogen-bond donors (Lipinski definition) is 1. The van der Waals surface area contributed by atoms with Gasteiger partial charge in [-0.2, -0.15) is 11.8 Å². The summed E-state index contributed by atoms with van der Waals surface area (Å²) in [6.07, 6.45) is 8.48. The van der Waals surface area contributed by atoms with E-state index >= 15 is 0 Å². The van der Waals surface area contributed by atoms with Crippen LogP contribution < -0.4 is 5.32 Å². The van der Waals surface area contributed by atoms with E-state index in [1.165, 1.54) is 32.1 Å². The Hall–Kier alpha value is -0.220. The zero-order valence-corrected chi connectivity index (χ0v) is 13.9. The van der Waals surface area contributed by atoms with E-state index in [1.54, 1.807) is 0 Å². The molecule has 20 heavy (non-hydrogen) atoms. The molecule has 0 aromatic carbocycles. The van der Waals surface area contributed by atoms with Crippen molar-refractivity contribution in [2.75, 3.05) is 24.6 Å². The molecular formula is C16H30N2OS. The molecule has 2 rings (SSSR count). The van der Waals surface area contributed by atoms with Crippen molar-refractivity contribution in [3.8, 4) is 0 Å². The average molecular weight is 298 g/mol. The predicted molar refractivity (Wildman–Crippen MR) is 87.2 cm³/mol. The Bertz CT molecular complexity index is 312. The van der Waals surface area contributed by atoms with Gasteiger partial charge in [-0.3, -0.25) is 4.79 Å². The topological polar surface area (TPSA) is 32.3 Å². The quantitative estimate of drug-likeness (QED) is 0.847. The molecule has 2 aliphatic rings. The lowest BCUT2D eigenvalue weighted by atomic mass is 9.88. The van der Waals surface area contributed by atoms with Gasteiger partial charge in [-0.25, -0.2) is 0 Å². The summed E-state index contributed by atoms with van der Waals surface area (Å²) in [4.78, 5) is 15.0. The molecular weight excluding hydrogens is 268 g/mol. The van der Waals surface area contributed by atoms with E-state index in [1.807, 2.05) is 11.8 Å². The first-order valence-corrected chi connectivity index (χ1v) is 9.46. The van der Waals surface area contributed by atoms with Crippen LogP contribution in [0.4, 0.5) is 0 Å². The Kier molecular flexibility index (Phi) is 6.21. The number of nitrogens with one attached hydrogen (secondary N) is 1. The number of carbonyl (C=O) groups excluding carboxylic acids is 1. The van der Waals surface area contributed by atoms with Crippen molar-refractivity contribution in [1.29, 1.82) is 0 Å². The molecule has 0 aromatic heterocycles. The smallest absolute Gasteiger partial charge is 0.242 e. The third-order valence-corrected chi connectivity index (χ3v) is 5.59. The monoisotopic (exact) mass is 298 g/mol. The Balaban J connectivity index is 2.00. The summed E-state index contributed by atoms with van der Waals surface area (Å²) in [6.45, 7) is 6.17. The maximum atomic E-state index is 12.9. The molecule has 4 heteroatoms. The van der Waals surface area contributed by atoms with Gasteiger partial charge in [0.1, 0.15) is 0 Å². The molecule has 116 valence electrons. The summed E-state index contributed by atoms with van der Waals surface area (Å²) in [7, 11) is 0. The summed E-state index contributed by atoms with van der Waals surface area (Å²) in [5.74, 6) is 2.53. The molecule has 1 saturated heterocycles. The minimum Gasteiger partial charge on any atom is -0.339 e. The molecule has 1 saturated carbocycles. The fourth-order valence-corrected chi connectivity index (χ4v) is 4.46. The van der Waals surface area contributed by atoms with Crippen molar-refractivity contribution in [3.63, 3.8) is 0 Å². The summed E-state index contributed by atoms with van der Waals surface area (Å²) in [5, 5.41) is 3.73. The zero-order chi connectivity index (χ0) is 14.4. The number of thioether (sulfide) groups is 1. The van der Waals surface area contributed by atoms with Crippen molar-refractivity contribution in [2.24, 2.45) is 0 Å². The zero-order valence-electron chi connectivity index (χ0n) is 13.1. The van der Waals surface area contributed by atoms with Crippen LogP contribution in [0.25, 0.3) is 0 Å². The van der Waals surface area contributed by atoms with Crippen molar-refractivity contribution in [2.45, 2.75) is 70.4 Å². The molecule has 1 aliphatic heterocycles. The third-order valence-electron chi connectivity index (χ3n) is 4.65. The van der Waals surface area contributed by atoms with Gasteiger partial charge in [-0.15, -0.1) is 0 Å². The van der Waals surface area contributed by atoms with Crippen LogP contribution in [0.15, 0.2) is 0 Å². The standard InChI is InChI=1S/C16H30N2OS/c1-3-9-16(2,17-14-7-5-4-6-8-14)15(19)18-10-12-20-13-11-18/h14,17H,3-13H2,1-2H3. The number of rotatable bonds is 5. The van der Waals surface area contributed by atoms with Crippen LogP contribution >= 0.6 is 11.8 Å². The predicted octanol–water partition coefficient (Wildman–Crippen LogP) is 3.04. The second kappa shape index (κ2) is 7.69. The number of nitrogens with zero attached hydrogens (tertiary/aromatic N) is 1. The van der Waals surface area contributed by atoms with Gasteiger partial charge < -0.3 is 10.2 Å². The first-order valence-electron chi connectivity index (χ1n) is 8.30. The van der Waals surface area contributed by atoms with Gasteiger partial charge in [0, 0.05) is 30.6 Å². The van der Waals surface area contributed by atoms with Crippen LogP contribution in [0.2, 0.25) is 0 Å². The van der Waals surface area contributed by atoms with Crippen LogP contribution in [0.1, 0.15) is 58.8 Å². The third kappa shape index (κ3) is 4.14. The van der Waals surface area contributed by atoms with Gasteiger partial charge in [-0.05, 0) is 26.2 Å². The molecule has 0 bridgehead atoms. The van der Waals surface area contributed by atoms with E-state index in [-0.39, 0.29) is 5.54 Å². The van der Waals surface area contributed by atoms with E-state index in [2.05, 4.69) is 24.1 Å². The van der Waals surface area contributed by atoms with Crippen molar-refractivity contribution < 1.29 is 4.79 Å². The molecule has 1 unspecified atom stereocenters. The lowest BCUT2D eigenvalue weighted by Gasteiger charge is -2.40. The molecule has 1 amide bonds. The Morgan fingerprint density at radius 3 is 2.50 bits per heavy atom. The first-order chi connectivity index (χ1) is 9.65. The fraction of sp³-hybridized carbons (Fsp3) is 0.938. The molecule has 1 atom stereocenters. The van der Waals surface area contributed by atoms with Gasteiger partial charge >= 0.3 is 0 Å². The lowest BCUT2D eigenvalue weighted by molar-refractivity contribution is -0.138. The van der Waals surface area contributed by atoms with E-state index < -0.39 is 0 Å². The van der Waals surface area contributed by atoms with E-state index in [0.29, 0.717) is 11.9 Å². The highest BCUT2D eigenvalue weighted by Crippen LogP contribution is 2.24. The number of hydrogen-bond acceptors (Lipinski definition) is 3. The highest BCUT2D eigenvalue weighted by atomic mass is 32.2. The minimum atomic E-state index is -0.348. The van der Waals surface area contributed by atoms with Gasteiger partial charge in [0.2, 0.25) is 5.91 Å². The number of amides is 1. The molecule has 1 heterocycles. The summed E-state index contributed by atoms with van der Waals surface area (Å²) in [6, 6.07) is 0.545. The van der Waals surface area contributed by atoms with Crippen LogP contribution in [-0.4, -0.2) is 47.0 Å². The van der Waals surface area contributed by atoms with Crippen molar-refractivity contribution >= 4 is 17.7 Å². The highest BCUT2D eigenvalue weighted by molar-refractivity contribution is 7.99. The molecule has 0 aromatic rings. The van der Waals surface area contributed by atoms with Gasteiger partial charge in [0.05, 0.1) is 5.54 Å². The van der Waals surface area contributed by atoms with Gasteiger partial charge in [0.25, 0.3) is 0 Å². The Labute approximate surface area is 128 Å². The van der Waals surface area contributed by atoms with E-state index in [9.17, 15) is 4.79 Å². The summed E-state index contributed by atoms with van der Waals surface area (Å²) in [5.41, 5.74) is -0.348. The average Bonchev–Trinajstić information content (AvgIpc) is 2.48. The lowest BCUT2D eigenvalue weighted by Crippen LogP contribution is -2.60. The number of carbonyl (C=O) groups is 1. The van der Waals surface area contributed by atoms with Gasteiger partial charge in [0.15, 0.2) is 0 Å². The molecule has 1 aliphatic carbocycles. The molecule has 3 nitrogen and oxygen atoms in total. The second-order valence-electron chi connectivity index (χ2n) is 6.47. The van der Waals surface area contributed by atoms with Crippen LogP contribution in [-0.2, 0) is 4.79 Å². The maximum absolute atomic E-state index is 12.9. The molecule has 1 N–H and O–H groups in total. The molecule has 0 radical (unpaired) electrons. The van der Waals surface area contributed by atoms with Crippen molar-refractivity contribution in [3.05, 3.63) is 0 Å². The summed E-state index contributed by atoms with van der Waals surface area (Å²) >= 11 is 1.96. The fourth-order valence-electron chi connectivity index (χ4n) is 3.55.